The zero-order valence-electron chi connectivity index (χ0n) is 22.6. The molecule has 2 aromatic rings. The molecule has 0 amide bonds. The monoisotopic (exact) mass is 667 g/mol. The Morgan fingerprint density at radius 3 is 0.939 bits per heavy atom. The Balaban J connectivity index is -0.000000462. The van der Waals surface area contributed by atoms with Gasteiger partial charge in [-0.1, -0.05) is 98.9 Å². The van der Waals surface area contributed by atoms with Gasteiger partial charge in [0.2, 0.25) is 0 Å². The Morgan fingerprint density at radius 1 is 0.606 bits per heavy atom. The summed E-state index contributed by atoms with van der Waals surface area (Å²) in [5.41, 5.74) is 0. The second kappa shape index (κ2) is 16.2. The van der Waals surface area contributed by atoms with Crippen LogP contribution in [-0.2, 0) is 33.0 Å². The molecule has 0 unspecified atom stereocenters. The van der Waals surface area contributed by atoms with Crippen molar-refractivity contribution >= 4 is 45.5 Å². The molecule has 198 valence electrons. The number of halogens is 2. The van der Waals surface area contributed by atoms with E-state index in [1.165, 1.54) is 0 Å². The number of rotatable bonds is 2. The summed E-state index contributed by atoms with van der Waals surface area (Å²) in [4.78, 5) is 0. The molecule has 0 aliphatic carbocycles. The zero-order valence-corrected chi connectivity index (χ0v) is 28.6. The molecule has 0 aliphatic rings. The van der Waals surface area contributed by atoms with E-state index in [-0.39, 0.29) is 55.0 Å². The van der Waals surface area contributed by atoms with Crippen molar-refractivity contribution in [2.24, 2.45) is 0 Å². The van der Waals surface area contributed by atoms with Crippen LogP contribution < -0.4 is 16.8 Å². The van der Waals surface area contributed by atoms with E-state index in [0.717, 1.165) is 0 Å². The molecule has 1 nitrogen and oxygen atoms in total. The molecule has 0 spiro atoms. The Bertz CT molecular complexity index is 617. The Hall–Kier alpha value is 1.28. The van der Waals surface area contributed by atoms with Crippen molar-refractivity contribution in [1.82, 2.24) is 6.15 Å². The third-order valence-corrected chi connectivity index (χ3v) is 11.5. The summed E-state index contributed by atoms with van der Waals surface area (Å²) in [6.45, 7) is 28.3. The van der Waals surface area contributed by atoms with E-state index < -0.39 is 0 Å². The zero-order chi connectivity index (χ0) is 24.7. The quantitative estimate of drug-likeness (QED) is 0.193. The first kappa shape index (κ1) is 38.8. The van der Waals surface area contributed by atoms with Crippen LogP contribution >= 0.6 is 34.9 Å². The van der Waals surface area contributed by atoms with Gasteiger partial charge in [-0.25, -0.2) is 24.3 Å². The van der Waals surface area contributed by atoms with Crippen LogP contribution in [0, 0.1) is 0 Å². The summed E-state index contributed by atoms with van der Waals surface area (Å²) in [5.74, 6) is 0. The molecular weight excluding hydrogens is 621 g/mol. The van der Waals surface area contributed by atoms with Crippen molar-refractivity contribution in [2.75, 3.05) is 0 Å². The molecule has 2 aromatic carbocycles. The minimum atomic E-state index is -0.106. The van der Waals surface area contributed by atoms with Crippen LogP contribution in [0.4, 0.5) is 0 Å². The Labute approximate surface area is 235 Å². The molecule has 3 N–H and O–H groups in total. The Morgan fingerprint density at radius 2 is 0.818 bits per heavy atom. The maximum absolute atomic E-state index is 4.81. The average Bonchev–Trinajstić information content (AvgIpc) is 3.16. The minimum absolute atomic E-state index is 0. The van der Waals surface area contributed by atoms with Crippen LogP contribution in [0.1, 0.15) is 83.1 Å². The summed E-state index contributed by atoms with van der Waals surface area (Å²) in [6.07, 6.45) is 0. The van der Waals surface area contributed by atoms with Gasteiger partial charge in [-0.2, -0.15) is 24.3 Å². The van der Waals surface area contributed by atoms with Crippen LogP contribution in [0.2, 0.25) is 0 Å². The van der Waals surface area contributed by atoms with Crippen LogP contribution in [0.25, 0.3) is 0 Å². The largest absolute Gasteiger partial charge is 2.00 e. The third-order valence-electron chi connectivity index (χ3n) is 4.49. The second-order valence-electron chi connectivity index (χ2n) is 11.7. The van der Waals surface area contributed by atoms with Gasteiger partial charge in [0, 0.05) is 0 Å². The maximum atomic E-state index is 4.81. The van der Waals surface area contributed by atoms with E-state index in [2.05, 4.69) is 132 Å². The van der Waals surface area contributed by atoms with E-state index in [1.807, 2.05) is 0 Å². The summed E-state index contributed by atoms with van der Waals surface area (Å²) in [7, 11) is 9.43. The molecule has 33 heavy (non-hydrogen) atoms. The van der Waals surface area contributed by atoms with Gasteiger partial charge in [0.25, 0.3) is 0 Å². The summed E-state index contributed by atoms with van der Waals surface area (Å²) >= 11 is -0.106. The van der Waals surface area contributed by atoms with Gasteiger partial charge >= 0.3 is 52.1 Å². The van der Waals surface area contributed by atoms with Crippen molar-refractivity contribution in [3.8, 4) is 0 Å². The van der Waals surface area contributed by atoms with Gasteiger partial charge in [-0.15, -0.1) is 10.6 Å². The van der Waals surface area contributed by atoms with Gasteiger partial charge in [0.15, 0.2) is 0 Å². The minimum Gasteiger partial charge on any atom is 2.00 e. The van der Waals surface area contributed by atoms with Crippen molar-refractivity contribution < 1.29 is 33.0 Å². The molecular formula is C26H47Cl2FeNP2Pd. The molecule has 0 atom stereocenters. The molecule has 7 heteroatoms. The molecule has 0 fully saturated rings. The first-order valence-electron chi connectivity index (χ1n) is 10.7. The van der Waals surface area contributed by atoms with Gasteiger partial charge in [-0.3, -0.25) is 0 Å². The van der Waals surface area contributed by atoms with Crippen LogP contribution in [0.3, 0.4) is 0 Å². The van der Waals surface area contributed by atoms with Crippen molar-refractivity contribution in [2.45, 2.75) is 104 Å². The number of hydrogen-bond donors (Lipinski definition) is 1. The summed E-state index contributed by atoms with van der Waals surface area (Å²) < 4.78 is 0. The van der Waals surface area contributed by atoms with Gasteiger partial charge < -0.3 is 6.15 Å². The molecule has 0 saturated carbocycles. The fraction of sp³-hybridized carbons (Fsp3) is 0.615. The fourth-order valence-corrected chi connectivity index (χ4v) is 12.7. The summed E-state index contributed by atoms with van der Waals surface area (Å²) in [5, 5.41) is 4.65. The smallest absolute Gasteiger partial charge is 2.00 e. The first-order valence-corrected chi connectivity index (χ1v) is 17.4. The van der Waals surface area contributed by atoms with Crippen LogP contribution in [0.5, 0.6) is 0 Å². The van der Waals surface area contributed by atoms with Gasteiger partial charge in [-0.05, 0) is 20.6 Å². The third kappa shape index (κ3) is 14.6. The average molecular weight is 669 g/mol. The molecule has 0 aliphatic heterocycles. The van der Waals surface area contributed by atoms with Crippen molar-refractivity contribution in [1.29, 1.82) is 0 Å². The topological polar surface area (TPSA) is 35.0 Å². The molecule has 0 saturated heterocycles. The normalized spacial score (nSPS) is 12.2. The molecule has 2 rings (SSSR count). The molecule has 0 bridgehead atoms. The predicted octanol–water partition coefficient (Wildman–Crippen LogP) is 9.76. The second-order valence-corrected chi connectivity index (χ2v) is 21.8. The van der Waals surface area contributed by atoms with E-state index in [1.54, 1.807) is 10.6 Å². The van der Waals surface area contributed by atoms with Gasteiger partial charge in [0.05, 0.1) is 0 Å². The standard InChI is InChI=1S/2C13H22P.2ClH.Fe.H3N.Pd/c2*1-12(2,3)14(13(4,5)6)11-9-7-8-10-11;;;;;/h2*7-10H,1-6H3;2*1H;;1H3;/q2*-1;;;+2;;+2/p-2. The van der Waals surface area contributed by atoms with E-state index >= 15 is 0 Å². The Kier molecular flexibility index (Phi) is 19.0. The SMILES string of the molecule is CC(C)(C)P(c1ccc[cH-]1)C(C)(C)C.CC(C)(C)P(c1ccc[cH-]1)C(C)(C)C.N.[Cl][Pd][Cl].[Fe+2]. The van der Waals surface area contributed by atoms with E-state index in [4.69, 9.17) is 19.1 Å². The molecule has 0 aromatic heterocycles. The van der Waals surface area contributed by atoms with Crippen LogP contribution in [0.15, 0.2) is 48.5 Å². The summed E-state index contributed by atoms with van der Waals surface area (Å²) in [6, 6.07) is 17.7. The van der Waals surface area contributed by atoms with E-state index in [9.17, 15) is 0 Å². The van der Waals surface area contributed by atoms with Crippen LogP contribution in [-0.4, -0.2) is 20.6 Å². The molecule has 0 heterocycles. The fourth-order valence-electron chi connectivity index (χ4n) is 4.59. The van der Waals surface area contributed by atoms with Crippen molar-refractivity contribution in [3.05, 3.63) is 48.5 Å². The molecule has 0 radical (unpaired) electrons. The van der Waals surface area contributed by atoms with Crippen molar-refractivity contribution in [3.63, 3.8) is 0 Å². The first-order chi connectivity index (χ1) is 13.9. The maximum Gasteiger partial charge on any atom is 2.00 e. The predicted molar refractivity (Wildman–Crippen MR) is 153 cm³/mol. The van der Waals surface area contributed by atoms with E-state index in [0.29, 0.717) is 20.6 Å². The van der Waals surface area contributed by atoms with Gasteiger partial charge in [0.1, 0.15) is 0 Å². The number of hydrogen-bond acceptors (Lipinski definition) is 1.